The molecule has 0 radical (unpaired) electrons. The summed E-state index contributed by atoms with van der Waals surface area (Å²) in [6.07, 6.45) is 42.9. The molecule has 0 fully saturated rings. The van der Waals surface area contributed by atoms with Crippen molar-refractivity contribution < 1.29 is 4.42 Å². The summed E-state index contributed by atoms with van der Waals surface area (Å²) in [4.78, 5) is 2.37. The number of hydrogen-bond acceptors (Lipinski definition) is 2. The van der Waals surface area contributed by atoms with Crippen LogP contribution in [0.25, 0.3) is 22.3 Å². The van der Waals surface area contributed by atoms with Gasteiger partial charge >= 0.3 is 0 Å². The van der Waals surface area contributed by atoms with Gasteiger partial charge in [0.2, 0.25) is 0 Å². The topological polar surface area (TPSA) is 16.4 Å². The Morgan fingerprint density at radius 2 is 1.31 bits per heavy atom. The summed E-state index contributed by atoms with van der Waals surface area (Å²) < 4.78 is 6.47. The van der Waals surface area contributed by atoms with Crippen LogP contribution in [0.15, 0.2) is 222 Å². The highest BCUT2D eigenvalue weighted by Gasteiger charge is 2.28. The second-order valence-electron chi connectivity index (χ2n) is 16.9. The molecule has 5 rings (SSSR count). The summed E-state index contributed by atoms with van der Waals surface area (Å²) >= 11 is 0. The van der Waals surface area contributed by atoms with Gasteiger partial charge in [-0.05, 0) is 154 Å². The van der Waals surface area contributed by atoms with Crippen LogP contribution < -0.4 is 4.90 Å². The molecule has 0 saturated carbocycles. The number of benzene rings is 3. The molecule has 0 bridgehead atoms. The van der Waals surface area contributed by atoms with Gasteiger partial charge < -0.3 is 9.32 Å². The fourth-order valence-corrected chi connectivity index (χ4v) is 7.26. The number of furan rings is 1. The maximum absolute atomic E-state index is 6.47. The third-order valence-corrected chi connectivity index (χ3v) is 11.6. The molecule has 4 aromatic rings. The van der Waals surface area contributed by atoms with Gasteiger partial charge in [-0.1, -0.05) is 198 Å². The second kappa shape index (κ2) is 30.4. The van der Waals surface area contributed by atoms with Crippen molar-refractivity contribution in [3.05, 3.63) is 245 Å². The van der Waals surface area contributed by atoms with Gasteiger partial charge in [0.05, 0.1) is 0 Å². The van der Waals surface area contributed by atoms with Crippen molar-refractivity contribution in [1.29, 1.82) is 0 Å². The number of aryl methyl sites for hydroxylation is 1. The SMILES string of the molecule is C#C.C/C=C\C=C/C.C/C=C\C=C/CC.C=C(/C=C\CN(C1=C/C(=C)/C(c2oc(C)c(C)c2C)=C(/C)C(C)(C)C/C=C\1)c1ccc(-c2ccccc2)cc1)C(=C/CC)/C=C(\C)c1ccccc1. The van der Waals surface area contributed by atoms with E-state index in [1.807, 2.05) is 57.2 Å². The average molecular weight is 890 g/mol. The van der Waals surface area contributed by atoms with Crippen LogP contribution in [-0.4, -0.2) is 6.54 Å². The zero-order valence-electron chi connectivity index (χ0n) is 43.0. The van der Waals surface area contributed by atoms with Gasteiger partial charge in [-0.3, -0.25) is 0 Å². The highest BCUT2D eigenvalue weighted by Crippen LogP contribution is 2.43. The van der Waals surface area contributed by atoms with Crippen LogP contribution in [-0.2, 0) is 0 Å². The number of terminal acetylenes is 1. The summed E-state index contributed by atoms with van der Waals surface area (Å²) in [7, 11) is 0. The molecule has 0 amide bonds. The Hall–Kier alpha value is -6.82. The minimum absolute atomic E-state index is 0.0910. The van der Waals surface area contributed by atoms with Gasteiger partial charge in [0, 0.05) is 23.5 Å². The minimum Gasteiger partial charge on any atom is -0.461 e. The first-order valence-electron chi connectivity index (χ1n) is 23.7. The van der Waals surface area contributed by atoms with Crippen LogP contribution in [0, 0.1) is 39.0 Å². The van der Waals surface area contributed by atoms with E-state index in [1.165, 1.54) is 39.0 Å². The van der Waals surface area contributed by atoms with Crippen LogP contribution in [0.1, 0.15) is 110 Å². The molecule has 67 heavy (non-hydrogen) atoms. The highest BCUT2D eigenvalue weighted by molar-refractivity contribution is 5.84. The summed E-state index contributed by atoms with van der Waals surface area (Å²) in [5.74, 6) is 1.88. The average Bonchev–Trinajstić information content (AvgIpc) is 3.61. The van der Waals surface area contributed by atoms with Crippen LogP contribution >= 0.6 is 0 Å². The van der Waals surface area contributed by atoms with E-state index in [9.17, 15) is 0 Å². The summed E-state index contributed by atoms with van der Waals surface area (Å²) in [5, 5.41) is 0. The van der Waals surface area contributed by atoms with Crippen molar-refractivity contribution in [3.8, 4) is 24.0 Å². The fourth-order valence-electron chi connectivity index (χ4n) is 7.26. The van der Waals surface area contributed by atoms with Gasteiger partial charge in [-0.25, -0.2) is 0 Å². The molecule has 2 heteroatoms. The Morgan fingerprint density at radius 1 is 0.746 bits per heavy atom. The highest BCUT2D eigenvalue weighted by atomic mass is 16.3. The lowest BCUT2D eigenvalue weighted by molar-refractivity contribution is 0.451. The Balaban J connectivity index is 0.000000891. The van der Waals surface area contributed by atoms with Gasteiger partial charge in [0.1, 0.15) is 11.5 Å². The van der Waals surface area contributed by atoms with Crippen molar-refractivity contribution in [2.24, 2.45) is 5.41 Å². The van der Waals surface area contributed by atoms with Gasteiger partial charge in [0.15, 0.2) is 0 Å². The third kappa shape index (κ3) is 17.8. The molecule has 0 aliphatic heterocycles. The lowest BCUT2D eigenvalue weighted by Gasteiger charge is -2.27. The van der Waals surface area contributed by atoms with Crippen molar-refractivity contribution in [2.75, 3.05) is 11.4 Å². The molecule has 0 N–H and O–H groups in total. The van der Waals surface area contributed by atoms with Crippen molar-refractivity contribution >= 4 is 16.8 Å². The first kappa shape index (κ1) is 56.3. The molecule has 1 aliphatic rings. The number of hydrogen-bond donors (Lipinski definition) is 0. The van der Waals surface area contributed by atoms with Gasteiger partial charge in [-0.15, -0.1) is 12.8 Å². The normalized spacial score (nSPS) is 16.6. The van der Waals surface area contributed by atoms with E-state index in [2.05, 4.69) is 226 Å². The largest absolute Gasteiger partial charge is 0.461 e. The first-order valence-corrected chi connectivity index (χ1v) is 23.7. The van der Waals surface area contributed by atoms with Crippen molar-refractivity contribution in [1.82, 2.24) is 0 Å². The molecule has 2 nitrogen and oxygen atoms in total. The quantitative estimate of drug-likeness (QED) is 0.0926. The standard InChI is InChI=1S/C50H55NO.C7H12.C6H10.C2H2/c1-11-20-45(33-36(3)42-22-14-12-15-23-42)35(2)21-19-32-51(46-29-27-44(28-30-46)43-24-16-13-17-25-43)47-26-18-31-50(9,10)40(7)48(37(4)34-47)49-39(6)38(5)41(8)52-49;1-3-5-7-6-4-2;1-3-5-6-4-2;1-2/h12-30,33-34H,2,4,11,31-32H2,1,3,5-10H3;3,5-7H,4H2,1-2H3;3-6H,1-2H3;1-2H/b21-19-,26-18-,36-33+,45-20+,47-34+,48-40+;5-3-,7-6-;5-3-,6-4-;. The minimum atomic E-state index is -0.0910. The molecule has 0 unspecified atom stereocenters. The number of anilines is 1. The second-order valence-corrected chi connectivity index (χ2v) is 16.9. The molecular formula is C65H79NO. The molecule has 1 aromatic heterocycles. The Bertz CT molecular complexity index is 2480. The molecule has 1 heterocycles. The predicted molar refractivity (Wildman–Crippen MR) is 300 cm³/mol. The number of allylic oxidation sites excluding steroid dienone is 20. The zero-order valence-corrected chi connectivity index (χ0v) is 43.0. The predicted octanol–water partition coefficient (Wildman–Crippen LogP) is 19.0. The summed E-state index contributed by atoms with van der Waals surface area (Å²) in [6.45, 7) is 35.5. The molecule has 0 spiro atoms. The molecule has 0 saturated heterocycles. The first-order chi connectivity index (χ1) is 32.2. The van der Waals surface area contributed by atoms with Gasteiger partial charge in [0.25, 0.3) is 0 Å². The van der Waals surface area contributed by atoms with Crippen LogP contribution in [0.3, 0.4) is 0 Å². The van der Waals surface area contributed by atoms with E-state index in [-0.39, 0.29) is 5.41 Å². The lowest BCUT2D eigenvalue weighted by Crippen LogP contribution is -2.22. The Morgan fingerprint density at radius 3 is 1.85 bits per heavy atom. The molecule has 1 aliphatic carbocycles. The molecule has 3 aromatic carbocycles. The molecular weight excluding hydrogens is 811 g/mol. The smallest absolute Gasteiger partial charge is 0.137 e. The van der Waals surface area contributed by atoms with Gasteiger partial charge in [-0.2, -0.15) is 0 Å². The van der Waals surface area contributed by atoms with Crippen molar-refractivity contribution in [3.63, 3.8) is 0 Å². The van der Waals surface area contributed by atoms with E-state index in [0.29, 0.717) is 6.54 Å². The summed E-state index contributed by atoms with van der Waals surface area (Å²) in [6, 6.07) is 29.9. The number of rotatable bonds is 14. The maximum atomic E-state index is 6.47. The Labute approximate surface area is 408 Å². The van der Waals surface area contributed by atoms with Crippen LogP contribution in [0.4, 0.5) is 5.69 Å². The van der Waals surface area contributed by atoms with Crippen molar-refractivity contribution in [2.45, 2.75) is 102 Å². The zero-order chi connectivity index (χ0) is 49.8. The van der Waals surface area contributed by atoms with Crippen LogP contribution in [0.5, 0.6) is 0 Å². The monoisotopic (exact) mass is 890 g/mol. The van der Waals surface area contributed by atoms with E-state index < -0.39 is 0 Å². The third-order valence-electron chi connectivity index (χ3n) is 11.6. The van der Waals surface area contributed by atoms with E-state index in [0.717, 1.165) is 64.5 Å². The van der Waals surface area contributed by atoms with E-state index >= 15 is 0 Å². The van der Waals surface area contributed by atoms with Crippen LogP contribution in [0.2, 0.25) is 0 Å². The summed E-state index contributed by atoms with van der Waals surface area (Å²) in [5.41, 5.74) is 14.7. The number of nitrogens with zero attached hydrogens (tertiary/aromatic N) is 1. The molecule has 350 valence electrons. The maximum Gasteiger partial charge on any atom is 0.137 e. The lowest BCUT2D eigenvalue weighted by atomic mass is 9.77. The molecule has 0 atom stereocenters. The fraction of sp³-hybridized carbons (Fsp3) is 0.262. The Kier molecular flexibility index (Phi) is 25.5. The van der Waals surface area contributed by atoms with E-state index in [1.54, 1.807) is 0 Å². The van der Waals surface area contributed by atoms with E-state index in [4.69, 9.17) is 11.0 Å².